The lowest BCUT2D eigenvalue weighted by molar-refractivity contribution is 0.390. The van der Waals surface area contributed by atoms with E-state index in [1.54, 1.807) is 98.0 Å². The smallest absolute Gasteiger partial charge is 0.170 e. The van der Waals surface area contributed by atoms with Gasteiger partial charge in [-0.3, -0.25) is 19.1 Å². The first-order valence-corrected chi connectivity index (χ1v) is 27.0. The molecule has 0 saturated carbocycles. The van der Waals surface area contributed by atoms with Crippen LogP contribution in [0.2, 0.25) is 10.0 Å². The Morgan fingerprint density at radius 2 is 0.824 bits per heavy atom. The summed E-state index contributed by atoms with van der Waals surface area (Å²) in [6.45, 7) is 10.6. The summed E-state index contributed by atoms with van der Waals surface area (Å²) in [5, 5.41) is 16.5. The van der Waals surface area contributed by atoms with Gasteiger partial charge >= 0.3 is 0 Å². The Morgan fingerprint density at radius 1 is 0.500 bits per heavy atom. The van der Waals surface area contributed by atoms with Gasteiger partial charge in [0.1, 0.15) is 57.5 Å². The molecule has 0 saturated heterocycles. The number of para-hydroxylation sites is 2. The van der Waals surface area contributed by atoms with Crippen molar-refractivity contribution in [2.75, 3.05) is 28.4 Å². The molecule has 6 aromatic heterocycles. The summed E-state index contributed by atoms with van der Waals surface area (Å²) in [6.07, 6.45) is 12.5. The van der Waals surface area contributed by atoms with Gasteiger partial charge in [-0.05, 0) is 75.2 Å². The molecule has 388 valence electrons. The molecule has 0 aliphatic rings. The molecule has 0 spiro atoms. The molecule has 0 unspecified atom stereocenters. The number of hydrogen-bond acceptors (Lipinski definition) is 18. The van der Waals surface area contributed by atoms with Crippen LogP contribution in [0.1, 0.15) is 74.0 Å². The molecule has 0 aliphatic carbocycles. The first-order chi connectivity index (χ1) is 35.3. The van der Waals surface area contributed by atoms with Crippen LogP contribution in [0.25, 0.3) is 34.2 Å². The van der Waals surface area contributed by atoms with Gasteiger partial charge in [0.05, 0.1) is 49.0 Å². The van der Waals surface area contributed by atoms with E-state index in [4.69, 9.17) is 42.1 Å². The zero-order valence-corrected chi connectivity index (χ0v) is 45.3. The van der Waals surface area contributed by atoms with Gasteiger partial charge in [0, 0.05) is 72.5 Å². The maximum Gasteiger partial charge on any atom is 0.170 e. The average molecular weight is 1090 g/mol. The van der Waals surface area contributed by atoms with Crippen molar-refractivity contribution in [3.05, 3.63) is 143 Å². The quantitative estimate of drug-likeness (QED) is 0.0782. The number of sulfone groups is 2. The number of rotatable bonds is 18. The highest BCUT2D eigenvalue weighted by Gasteiger charge is 2.35. The van der Waals surface area contributed by atoms with Crippen LogP contribution in [-0.4, -0.2) is 115 Å². The van der Waals surface area contributed by atoms with Gasteiger partial charge in [-0.2, -0.15) is 0 Å². The highest BCUT2D eigenvalue weighted by atomic mass is 35.5. The van der Waals surface area contributed by atoms with Crippen molar-refractivity contribution < 1.29 is 35.8 Å². The molecule has 74 heavy (non-hydrogen) atoms. The summed E-state index contributed by atoms with van der Waals surface area (Å²) in [5.41, 5.74) is 4.14. The van der Waals surface area contributed by atoms with Crippen LogP contribution >= 0.6 is 23.2 Å². The van der Waals surface area contributed by atoms with Gasteiger partial charge in [-0.15, -0.1) is 20.4 Å². The van der Waals surface area contributed by atoms with E-state index in [1.807, 2.05) is 26.0 Å². The lowest BCUT2D eigenvalue weighted by Crippen LogP contribution is -2.27. The molecule has 0 amide bonds. The number of hydrogen-bond donors (Lipinski definition) is 0. The maximum absolute atomic E-state index is 13.6. The van der Waals surface area contributed by atoms with Crippen molar-refractivity contribution in [1.29, 1.82) is 0 Å². The molecule has 0 radical (unpaired) electrons. The first kappa shape index (κ1) is 54.6. The van der Waals surface area contributed by atoms with Crippen LogP contribution in [0.5, 0.6) is 23.0 Å². The standard InChI is InChI=1S/2C25H27ClN6O4S/c2*1-15-9-18(11-27-10-15)25-31-30-22(32(25)23-20(35-4)7-6-8-21(23)36-5)14-37(33,34)17(3)16(2)24-28-12-19(26)13-29-24/h2*6-13,16-17H,14H2,1-5H3/t2*16-,17-/m00/s1. The minimum atomic E-state index is -3.75. The fraction of sp³-hybridized carbons (Fsp3) is 0.320. The molecule has 0 N–H and O–H groups in total. The van der Waals surface area contributed by atoms with Crippen LogP contribution in [0.4, 0.5) is 0 Å². The third-order valence-electron chi connectivity index (χ3n) is 12.3. The van der Waals surface area contributed by atoms with Gasteiger partial charge in [-0.1, -0.05) is 49.2 Å². The highest BCUT2D eigenvalue weighted by molar-refractivity contribution is 7.91. The molecule has 8 aromatic rings. The fourth-order valence-corrected chi connectivity index (χ4v) is 11.2. The number of halogens is 2. The Balaban J connectivity index is 0.000000216. The monoisotopic (exact) mass is 1080 g/mol. The molecule has 6 heterocycles. The second-order valence-electron chi connectivity index (χ2n) is 17.2. The molecule has 0 aliphatic heterocycles. The average Bonchev–Trinajstić information content (AvgIpc) is 4.00. The fourth-order valence-electron chi connectivity index (χ4n) is 7.90. The molecule has 2 aromatic carbocycles. The number of ether oxygens (including phenoxy) is 4. The highest BCUT2D eigenvalue weighted by Crippen LogP contribution is 2.39. The molecule has 24 heteroatoms. The molecule has 4 atom stereocenters. The normalized spacial score (nSPS) is 13.2. The summed E-state index contributed by atoms with van der Waals surface area (Å²) < 4.78 is 80.3. The lowest BCUT2D eigenvalue weighted by Gasteiger charge is -2.20. The third-order valence-corrected chi connectivity index (χ3v) is 17.1. The maximum atomic E-state index is 13.6. The van der Waals surface area contributed by atoms with E-state index in [0.29, 0.717) is 78.8 Å². The molecule has 0 bridgehead atoms. The van der Waals surface area contributed by atoms with Crippen LogP contribution in [-0.2, 0) is 31.2 Å². The number of pyridine rings is 2. The zero-order valence-electron chi connectivity index (χ0n) is 42.2. The molecular weight excluding hydrogens is 1030 g/mol. The topological polar surface area (TPSA) is 244 Å². The van der Waals surface area contributed by atoms with Gasteiger partial charge in [-0.25, -0.2) is 36.8 Å². The Labute approximate surface area is 439 Å². The third kappa shape index (κ3) is 11.9. The van der Waals surface area contributed by atoms with Crippen molar-refractivity contribution in [3.63, 3.8) is 0 Å². The Bertz CT molecular complexity index is 3200. The van der Waals surface area contributed by atoms with E-state index >= 15 is 0 Å². The molecule has 0 fully saturated rings. The van der Waals surface area contributed by atoms with Gasteiger partial charge in [0.15, 0.2) is 43.0 Å². The van der Waals surface area contributed by atoms with Crippen molar-refractivity contribution in [1.82, 2.24) is 59.4 Å². The van der Waals surface area contributed by atoms with E-state index < -0.39 is 42.0 Å². The van der Waals surface area contributed by atoms with Crippen molar-refractivity contribution in [2.45, 2.75) is 75.4 Å². The van der Waals surface area contributed by atoms with Gasteiger partial charge in [0.25, 0.3) is 0 Å². The SMILES string of the molecule is COc1cccc(OC)c1-n1c(CS(=O)(=O)[C@@H](C)[C@H](C)c2ncc(Cl)cn2)nnc1-c1cncc(C)c1.COc1cccc(OC)c1-n1c(CS(=O)(=O)[C@@H](C)[C@H](C)c2ncc(Cl)cn2)nnc1-c1cncc(C)c1. The number of aromatic nitrogens is 12. The van der Waals surface area contributed by atoms with Crippen LogP contribution in [0.15, 0.2) is 98.1 Å². The van der Waals surface area contributed by atoms with Crippen LogP contribution in [0, 0.1) is 13.8 Å². The van der Waals surface area contributed by atoms with Crippen molar-refractivity contribution in [2.24, 2.45) is 0 Å². The van der Waals surface area contributed by atoms with Crippen LogP contribution in [0.3, 0.4) is 0 Å². The summed E-state index contributed by atoms with van der Waals surface area (Å²) >= 11 is 11.8. The number of aryl methyl sites for hydroxylation is 2. The molecule has 8 rings (SSSR count). The van der Waals surface area contributed by atoms with E-state index in [1.165, 1.54) is 53.2 Å². The minimum Gasteiger partial charge on any atom is -0.494 e. The number of nitrogens with zero attached hydrogens (tertiary/aromatic N) is 12. The summed E-state index contributed by atoms with van der Waals surface area (Å²) in [7, 11) is -1.38. The second-order valence-corrected chi connectivity index (χ2v) is 22.8. The van der Waals surface area contributed by atoms with Gasteiger partial charge in [0.2, 0.25) is 0 Å². The Morgan fingerprint density at radius 3 is 1.12 bits per heavy atom. The molecular formula is C50H54Cl2N12O8S2. The Kier molecular flexibility index (Phi) is 17.3. The van der Waals surface area contributed by atoms with Crippen molar-refractivity contribution in [3.8, 4) is 57.1 Å². The minimum absolute atomic E-state index is 0.204. The number of methoxy groups -OCH3 is 4. The van der Waals surface area contributed by atoms with Gasteiger partial charge < -0.3 is 18.9 Å². The largest absolute Gasteiger partial charge is 0.494 e. The van der Waals surface area contributed by atoms with Crippen molar-refractivity contribution >= 4 is 42.9 Å². The summed E-state index contributed by atoms with van der Waals surface area (Å²) in [5.74, 6) is 2.12. The van der Waals surface area contributed by atoms with E-state index in [0.717, 1.165) is 11.1 Å². The first-order valence-electron chi connectivity index (χ1n) is 22.9. The summed E-state index contributed by atoms with van der Waals surface area (Å²) in [4.78, 5) is 25.3. The van der Waals surface area contributed by atoms with Crippen LogP contribution < -0.4 is 18.9 Å². The summed E-state index contributed by atoms with van der Waals surface area (Å²) in [6, 6.07) is 14.4. The molecule has 20 nitrogen and oxygen atoms in total. The zero-order chi connectivity index (χ0) is 53.5. The van der Waals surface area contributed by atoms with E-state index in [9.17, 15) is 16.8 Å². The predicted octanol–water partition coefficient (Wildman–Crippen LogP) is 8.41. The predicted molar refractivity (Wildman–Crippen MR) is 280 cm³/mol. The lowest BCUT2D eigenvalue weighted by atomic mass is 10.1. The number of benzene rings is 2. The van der Waals surface area contributed by atoms with E-state index in [-0.39, 0.29) is 23.2 Å². The second kappa shape index (κ2) is 23.4. The van der Waals surface area contributed by atoms with E-state index in [2.05, 4.69) is 50.3 Å². The Hall–Kier alpha value is -7.14.